The summed E-state index contributed by atoms with van der Waals surface area (Å²) in [7, 11) is 1.55. The van der Waals surface area contributed by atoms with Crippen LogP contribution in [0.2, 0.25) is 0 Å². The van der Waals surface area contributed by atoms with Crippen molar-refractivity contribution in [3.05, 3.63) is 65.2 Å². The summed E-state index contributed by atoms with van der Waals surface area (Å²) < 4.78 is 5.08. The first-order chi connectivity index (χ1) is 11.1. The number of rotatable bonds is 6. The van der Waals surface area contributed by atoms with Crippen LogP contribution >= 0.6 is 0 Å². The number of amides is 2. The average molecular weight is 312 g/mol. The van der Waals surface area contributed by atoms with Crippen molar-refractivity contribution in [2.24, 2.45) is 0 Å². The van der Waals surface area contributed by atoms with Gasteiger partial charge in [-0.25, -0.2) is 0 Å². The fourth-order valence-electron chi connectivity index (χ4n) is 2.11. The first kappa shape index (κ1) is 16.5. The highest BCUT2D eigenvalue weighted by Gasteiger charge is 2.07. The van der Waals surface area contributed by atoms with Gasteiger partial charge in [-0.05, 0) is 37.3 Å². The van der Waals surface area contributed by atoms with Crippen LogP contribution in [-0.2, 0) is 0 Å². The van der Waals surface area contributed by atoms with Gasteiger partial charge >= 0.3 is 0 Å². The monoisotopic (exact) mass is 312 g/mol. The van der Waals surface area contributed by atoms with Crippen molar-refractivity contribution in [3.8, 4) is 5.75 Å². The number of carbonyl (C=O) groups is 2. The Morgan fingerprint density at radius 2 is 1.48 bits per heavy atom. The van der Waals surface area contributed by atoms with E-state index in [0.29, 0.717) is 30.0 Å². The smallest absolute Gasteiger partial charge is 0.251 e. The number of nitrogens with one attached hydrogen (secondary N) is 2. The van der Waals surface area contributed by atoms with E-state index in [1.54, 1.807) is 37.4 Å². The van der Waals surface area contributed by atoms with Crippen LogP contribution in [0.3, 0.4) is 0 Å². The van der Waals surface area contributed by atoms with Crippen LogP contribution in [0.5, 0.6) is 5.75 Å². The topological polar surface area (TPSA) is 67.4 Å². The van der Waals surface area contributed by atoms with E-state index in [0.717, 1.165) is 5.56 Å². The third-order valence-electron chi connectivity index (χ3n) is 3.31. The van der Waals surface area contributed by atoms with Crippen LogP contribution in [0.1, 0.15) is 26.3 Å². The van der Waals surface area contributed by atoms with Crippen LogP contribution in [0.4, 0.5) is 0 Å². The van der Waals surface area contributed by atoms with Crippen LogP contribution in [0.25, 0.3) is 0 Å². The number of methoxy groups -OCH3 is 1. The van der Waals surface area contributed by atoms with E-state index in [2.05, 4.69) is 10.6 Å². The van der Waals surface area contributed by atoms with Gasteiger partial charge in [0.2, 0.25) is 0 Å². The lowest BCUT2D eigenvalue weighted by molar-refractivity contribution is 0.0927. The Hall–Kier alpha value is -2.82. The van der Waals surface area contributed by atoms with Gasteiger partial charge in [-0.2, -0.15) is 0 Å². The maximum Gasteiger partial charge on any atom is 0.251 e. The summed E-state index contributed by atoms with van der Waals surface area (Å²) in [6.07, 6.45) is 0. The molecule has 0 aliphatic heterocycles. The maximum absolute atomic E-state index is 12.0. The summed E-state index contributed by atoms with van der Waals surface area (Å²) in [5, 5.41) is 5.54. The molecular formula is C18H20N2O3. The minimum atomic E-state index is -0.200. The molecule has 0 unspecified atom stereocenters. The Morgan fingerprint density at radius 3 is 2.04 bits per heavy atom. The van der Waals surface area contributed by atoms with Gasteiger partial charge in [-0.3, -0.25) is 9.59 Å². The summed E-state index contributed by atoms with van der Waals surface area (Å²) in [4.78, 5) is 23.9. The Morgan fingerprint density at radius 1 is 0.913 bits per heavy atom. The molecule has 23 heavy (non-hydrogen) atoms. The molecule has 0 fully saturated rings. The lowest BCUT2D eigenvalue weighted by Gasteiger charge is -2.08. The number of carbonyl (C=O) groups excluding carboxylic acids is 2. The molecular weight excluding hydrogens is 292 g/mol. The van der Waals surface area contributed by atoms with Crippen LogP contribution in [0.15, 0.2) is 48.5 Å². The molecule has 2 aromatic carbocycles. The molecule has 2 amide bonds. The highest BCUT2D eigenvalue weighted by atomic mass is 16.5. The van der Waals surface area contributed by atoms with Crippen molar-refractivity contribution in [1.29, 1.82) is 0 Å². The molecule has 0 saturated carbocycles. The molecule has 0 atom stereocenters. The molecule has 0 radical (unpaired) electrons. The maximum atomic E-state index is 12.0. The summed E-state index contributed by atoms with van der Waals surface area (Å²) in [6, 6.07) is 14.3. The number of hydrogen-bond acceptors (Lipinski definition) is 3. The molecule has 5 nitrogen and oxygen atoms in total. The largest absolute Gasteiger partial charge is 0.497 e. The van der Waals surface area contributed by atoms with E-state index >= 15 is 0 Å². The van der Waals surface area contributed by atoms with Gasteiger partial charge in [0.15, 0.2) is 0 Å². The molecule has 5 heteroatoms. The highest BCUT2D eigenvalue weighted by Crippen LogP contribution is 2.12. The van der Waals surface area contributed by atoms with Gasteiger partial charge in [0.1, 0.15) is 5.75 Å². The van der Waals surface area contributed by atoms with E-state index in [4.69, 9.17) is 4.74 Å². The lowest BCUT2D eigenvalue weighted by Crippen LogP contribution is -2.34. The highest BCUT2D eigenvalue weighted by molar-refractivity contribution is 5.95. The SMILES string of the molecule is COc1cccc(C(=O)NCCNC(=O)c2cccc(C)c2)c1. The van der Waals surface area contributed by atoms with Crippen molar-refractivity contribution >= 4 is 11.8 Å². The van der Waals surface area contributed by atoms with E-state index < -0.39 is 0 Å². The third kappa shape index (κ3) is 4.85. The summed E-state index contributed by atoms with van der Waals surface area (Å²) in [6.45, 7) is 2.65. The molecule has 120 valence electrons. The van der Waals surface area contributed by atoms with Gasteiger partial charge < -0.3 is 15.4 Å². The second-order valence-electron chi connectivity index (χ2n) is 5.11. The zero-order valence-electron chi connectivity index (χ0n) is 13.3. The van der Waals surface area contributed by atoms with E-state index in [-0.39, 0.29) is 11.8 Å². The normalized spacial score (nSPS) is 10.0. The zero-order chi connectivity index (χ0) is 16.7. The molecule has 2 N–H and O–H groups in total. The van der Waals surface area contributed by atoms with Crippen molar-refractivity contribution in [1.82, 2.24) is 10.6 Å². The molecule has 0 heterocycles. The second-order valence-corrected chi connectivity index (χ2v) is 5.11. The Bertz CT molecular complexity index is 698. The van der Waals surface area contributed by atoms with Gasteiger partial charge in [-0.1, -0.05) is 23.8 Å². The van der Waals surface area contributed by atoms with Crippen molar-refractivity contribution in [2.45, 2.75) is 6.92 Å². The number of benzene rings is 2. The molecule has 0 bridgehead atoms. The fourth-order valence-corrected chi connectivity index (χ4v) is 2.11. The number of aryl methyl sites for hydroxylation is 1. The first-order valence-corrected chi connectivity index (χ1v) is 7.37. The molecule has 0 aliphatic carbocycles. The number of hydrogen-bond donors (Lipinski definition) is 2. The van der Waals surface area contributed by atoms with Gasteiger partial charge in [0.25, 0.3) is 11.8 Å². The lowest BCUT2D eigenvalue weighted by atomic mass is 10.1. The van der Waals surface area contributed by atoms with E-state index in [1.807, 2.05) is 25.1 Å². The van der Waals surface area contributed by atoms with Crippen molar-refractivity contribution in [3.63, 3.8) is 0 Å². The molecule has 0 spiro atoms. The molecule has 0 saturated heterocycles. The van der Waals surface area contributed by atoms with Crippen molar-refractivity contribution < 1.29 is 14.3 Å². The minimum absolute atomic E-state index is 0.149. The predicted molar refractivity (Wildman–Crippen MR) is 88.8 cm³/mol. The van der Waals surface area contributed by atoms with Crippen LogP contribution < -0.4 is 15.4 Å². The van der Waals surface area contributed by atoms with E-state index in [9.17, 15) is 9.59 Å². The second kappa shape index (κ2) is 7.98. The molecule has 2 rings (SSSR count). The molecule has 0 aromatic heterocycles. The summed E-state index contributed by atoms with van der Waals surface area (Å²) in [5.41, 5.74) is 2.17. The van der Waals surface area contributed by atoms with Crippen LogP contribution in [0, 0.1) is 6.92 Å². The molecule has 0 aliphatic rings. The summed E-state index contributed by atoms with van der Waals surface area (Å²) >= 11 is 0. The third-order valence-corrected chi connectivity index (χ3v) is 3.31. The first-order valence-electron chi connectivity index (χ1n) is 7.37. The van der Waals surface area contributed by atoms with Crippen molar-refractivity contribution in [2.75, 3.05) is 20.2 Å². The predicted octanol–water partition coefficient (Wildman–Crippen LogP) is 2.16. The molecule has 2 aromatic rings. The Labute approximate surface area is 135 Å². The van der Waals surface area contributed by atoms with Crippen LogP contribution in [-0.4, -0.2) is 32.0 Å². The van der Waals surface area contributed by atoms with E-state index in [1.165, 1.54) is 0 Å². The quantitative estimate of drug-likeness (QED) is 0.803. The van der Waals surface area contributed by atoms with Gasteiger partial charge in [-0.15, -0.1) is 0 Å². The Balaban J connectivity index is 1.78. The fraction of sp³-hybridized carbons (Fsp3) is 0.222. The number of ether oxygens (including phenoxy) is 1. The standard InChI is InChI=1S/C18H20N2O3/c1-13-5-3-6-14(11-13)17(21)19-9-10-20-18(22)15-7-4-8-16(12-15)23-2/h3-8,11-12H,9-10H2,1-2H3,(H,19,21)(H,20,22). The zero-order valence-corrected chi connectivity index (χ0v) is 13.3. The minimum Gasteiger partial charge on any atom is -0.497 e. The Kier molecular flexibility index (Phi) is 5.74. The van der Waals surface area contributed by atoms with Gasteiger partial charge in [0.05, 0.1) is 7.11 Å². The average Bonchev–Trinajstić information content (AvgIpc) is 2.58. The summed E-state index contributed by atoms with van der Waals surface area (Å²) in [5.74, 6) is 0.281. The van der Waals surface area contributed by atoms with Gasteiger partial charge in [0, 0.05) is 24.2 Å².